The molecule has 0 bridgehead atoms. The Bertz CT molecular complexity index is 415. The van der Waals surface area contributed by atoms with Crippen molar-refractivity contribution >= 4 is 23.4 Å². The van der Waals surface area contributed by atoms with E-state index in [2.05, 4.69) is 5.10 Å². The number of carbonyl (C=O) groups is 1. The number of halogens is 1. The molecule has 0 aromatic carbocycles. The number of rotatable bonds is 4. The second kappa shape index (κ2) is 4.26. The zero-order valence-corrected chi connectivity index (χ0v) is 8.56. The number of nitrogens with zero attached hydrogens (tertiary/aromatic N) is 3. The van der Waals surface area contributed by atoms with E-state index in [1.165, 1.54) is 0 Å². The van der Waals surface area contributed by atoms with Crippen LogP contribution in [-0.2, 0) is 6.54 Å². The molecule has 0 unspecified atom stereocenters. The van der Waals surface area contributed by atoms with E-state index in [0.29, 0.717) is 6.42 Å². The number of aromatic nitrogens is 2. The summed E-state index contributed by atoms with van der Waals surface area (Å²) in [7, 11) is 0. The van der Waals surface area contributed by atoms with Gasteiger partial charge in [0.15, 0.2) is 10.7 Å². The summed E-state index contributed by atoms with van der Waals surface area (Å²) in [6.45, 7) is 2.07. The number of carboxylic acid groups (broad SMARTS) is 1. The van der Waals surface area contributed by atoms with E-state index in [4.69, 9.17) is 16.7 Å². The van der Waals surface area contributed by atoms with Crippen LogP contribution < -0.4 is 0 Å². The Kier molecular flexibility index (Phi) is 3.25. The van der Waals surface area contributed by atoms with E-state index in [1.54, 1.807) is 6.92 Å². The van der Waals surface area contributed by atoms with Crippen LogP contribution in [0.2, 0.25) is 5.02 Å². The molecular weight excluding hydrogens is 226 g/mol. The van der Waals surface area contributed by atoms with Gasteiger partial charge in [-0.15, -0.1) is 0 Å². The molecule has 1 rings (SSSR count). The maximum Gasteiger partial charge on any atom is 0.409 e. The number of carboxylic acids is 1. The van der Waals surface area contributed by atoms with E-state index < -0.39 is 21.7 Å². The number of hydrogen-bond acceptors (Lipinski definition) is 4. The highest BCUT2D eigenvalue weighted by Crippen LogP contribution is 2.27. The summed E-state index contributed by atoms with van der Waals surface area (Å²) < 4.78 is 1.03. The first-order valence-corrected chi connectivity index (χ1v) is 4.50. The van der Waals surface area contributed by atoms with Crippen LogP contribution in [0.15, 0.2) is 0 Å². The molecule has 1 N–H and O–H groups in total. The lowest BCUT2D eigenvalue weighted by atomic mass is 10.4. The minimum absolute atomic E-state index is 0.273. The van der Waals surface area contributed by atoms with Crippen LogP contribution in [0, 0.1) is 10.1 Å². The van der Waals surface area contributed by atoms with Gasteiger partial charge >= 0.3 is 11.8 Å². The highest BCUT2D eigenvalue weighted by atomic mass is 35.5. The fraction of sp³-hybridized carbons (Fsp3) is 0.429. The lowest BCUT2D eigenvalue weighted by Gasteiger charge is -1.95. The van der Waals surface area contributed by atoms with Crippen molar-refractivity contribution in [3.05, 3.63) is 20.8 Å². The second-order valence-corrected chi connectivity index (χ2v) is 3.15. The van der Waals surface area contributed by atoms with Gasteiger partial charge in [-0.2, -0.15) is 4.68 Å². The number of aryl methyl sites for hydroxylation is 1. The number of nitro groups is 1. The summed E-state index contributed by atoms with van der Waals surface area (Å²) in [5.41, 5.74) is -0.342. The van der Waals surface area contributed by atoms with Crippen LogP contribution >= 0.6 is 11.6 Å². The van der Waals surface area contributed by atoms with Crippen LogP contribution in [0.1, 0.15) is 23.8 Å². The van der Waals surface area contributed by atoms with Gasteiger partial charge in [0.1, 0.15) is 0 Å². The van der Waals surface area contributed by atoms with Crippen molar-refractivity contribution in [2.75, 3.05) is 0 Å². The second-order valence-electron chi connectivity index (χ2n) is 2.77. The molecule has 8 heteroatoms. The largest absolute Gasteiger partial charge is 0.476 e. The summed E-state index contributed by atoms with van der Waals surface area (Å²) in [6, 6.07) is 0. The highest BCUT2D eigenvalue weighted by molar-refractivity contribution is 6.35. The molecule has 0 aliphatic carbocycles. The Morgan fingerprint density at radius 2 is 2.33 bits per heavy atom. The summed E-state index contributed by atoms with van der Waals surface area (Å²) in [5, 5.41) is 22.4. The van der Waals surface area contributed by atoms with Crippen molar-refractivity contribution in [2.24, 2.45) is 0 Å². The van der Waals surface area contributed by atoms with Crippen molar-refractivity contribution in [3.8, 4) is 0 Å². The predicted molar refractivity (Wildman–Crippen MR) is 51.1 cm³/mol. The summed E-state index contributed by atoms with van der Waals surface area (Å²) in [6.07, 6.45) is 0.607. The fourth-order valence-corrected chi connectivity index (χ4v) is 1.41. The number of aromatic carboxylic acids is 1. The van der Waals surface area contributed by atoms with Gasteiger partial charge in [-0.3, -0.25) is 0 Å². The quantitative estimate of drug-likeness (QED) is 0.628. The molecule has 0 atom stereocenters. The van der Waals surface area contributed by atoms with Crippen LogP contribution in [-0.4, -0.2) is 25.8 Å². The summed E-state index contributed by atoms with van der Waals surface area (Å²) in [5.74, 6) is -1.95. The molecule has 0 saturated carbocycles. The van der Waals surface area contributed by atoms with E-state index >= 15 is 0 Å². The Hall–Kier alpha value is -1.63. The summed E-state index contributed by atoms with van der Waals surface area (Å²) in [4.78, 5) is 20.4. The third-order valence-electron chi connectivity index (χ3n) is 1.69. The van der Waals surface area contributed by atoms with Crippen LogP contribution in [0.25, 0.3) is 0 Å². The van der Waals surface area contributed by atoms with Gasteiger partial charge in [0.2, 0.25) is 0 Å². The first-order valence-electron chi connectivity index (χ1n) is 4.13. The molecule has 7 nitrogen and oxygen atoms in total. The van der Waals surface area contributed by atoms with Gasteiger partial charge in [-0.05, 0) is 11.3 Å². The van der Waals surface area contributed by atoms with E-state index in [0.717, 1.165) is 4.68 Å². The fourth-order valence-electron chi connectivity index (χ4n) is 1.12. The van der Waals surface area contributed by atoms with E-state index in [9.17, 15) is 14.9 Å². The SMILES string of the molecule is CCCn1nc([N+](=O)[O-])c(Cl)c1C(=O)O. The Labute approximate surface area is 89.4 Å². The van der Waals surface area contributed by atoms with Crippen molar-refractivity contribution in [1.29, 1.82) is 0 Å². The van der Waals surface area contributed by atoms with Crippen molar-refractivity contribution in [1.82, 2.24) is 9.78 Å². The normalized spacial score (nSPS) is 10.3. The third-order valence-corrected chi connectivity index (χ3v) is 2.04. The zero-order chi connectivity index (χ0) is 11.6. The molecule has 1 aromatic heterocycles. The van der Waals surface area contributed by atoms with Gasteiger partial charge in [0.25, 0.3) is 0 Å². The molecule has 82 valence electrons. The van der Waals surface area contributed by atoms with Gasteiger partial charge < -0.3 is 15.2 Å². The topological polar surface area (TPSA) is 98.3 Å². The third kappa shape index (κ3) is 2.07. The Morgan fingerprint density at radius 3 is 2.73 bits per heavy atom. The average Bonchev–Trinajstić information content (AvgIpc) is 2.43. The van der Waals surface area contributed by atoms with E-state index in [1.807, 2.05) is 0 Å². The molecular formula is C7H8ClN3O4. The smallest absolute Gasteiger partial charge is 0.409 e. The maximum absolute atomic E-state index is 10.8. The molecule has 0 radical (unpaired) electrons. The number of hydrogen-bond donors (Lipinski definition) is 1. The average molecular weight is 234 g/mol. The van der Waals surface area contributed by atoms with E-state index in [-0.39, 0.29) is 12.2 Å². The van der Waals surface area contributed by atoms with Gasteiger partial charge in [0.05, 0.1) is 11.6 Å². The molecule has 1 heterocycles. The highest BCUT2D eigenvalue weighted by Gasteiger charge is 2.30. The lowest BCUT2D eigenvalue weighted by Crippen LogP contribution is -2.09. The molecule has 0 amide bonds. The van der Waals surface area contributed by atoms with Crippen LogP contribution in [0.3, 0.4) is 0 Å². The predicted octanol–water partition coefficient (Wildman–Crippen LogP) is 1.55. The zero-order valence-electron chi connectivity index (χ0n) is 7.81. The molecule has 0 fully saturated rings. The summed E-state index contributed by atoms with van der Waals surface area (Å²) >= 11 is 5.55. The Morgan fingerprint density at radius 1 is 1.73 bits per heavy atom. The molecule has 0 aliphatic rings. The minimum atomic E-state index is -1.32. The molecule has 1 aromatic rings. The monoisotopic (exact) mass is 233 g/mol. The molecule has 0 spiro atoms. The van der Waals surface area contributed by atoms with Crippen LogP contribution in [0.5, 0.6) is 0 Å². The van der Waals surface area contributed by atoms with Gasteiger partial charge in [0, 0.05) is 0 Å². The van der Waals surface area contributed by atoms with Crippen LogP contribution in [0.4, 0.5) is 5.82 Å². The first kappa shape index (κ1) is 11.4. The van der Waals surface area contributed by atoms with Crippen molar-refractivity contribution in [3.63, 3.8) is 0 Å². The lowest BCUT2D eigenvalue weighted by molar-refractivity contribution is -0.389. The van der Waals surface area contributed by atoms with Crippen molar-refractivity contribution in [2.45, 2.75) is 19.9 Å². The minimum Gasteiger partial charge on any atom is -0.476 e. The van der Waals surface area contributed by atoms with Crippen molar-refractivity contribution < 1.29 is 14.8 Å². The van der Waals surface area contributed by atoms with Gasteiger partial charge in [-0.25, -0.2) is 4.79 Å². The Balaban J connectivity index is 3.32. The molecule has 0 aliphatic heterocycles. The first-order chi connectivity index (χ1) is 6.99. The maximum atomic E-state index is 10.8. The molecule has 15 heavy (non-hydrogen) atoms. The van der Waals surface area contributed by atoms with Gasteiger partial charge in [-0.1, -0.05) is 18.5 Å². The standard InChI is InChI=1S/C7H8ClN3O4/c1-2-3-10-5(7(12)13)4(8)6(9-10)11(14)15/h2-3H2,1H3,(H,12,13). The molecule has 0 saturated heterocycles.